The third-order valence-corrected chi connectivity index (χ3v) is 6.67. The number of benzene rings is 1. The van der Waals surface area contributed by atoms with Crippen LogP contribution in [0.5, 0.6) is 5.75 Å². The number of rotatable bonds is 8. The molecule has 0 saturated carbocycles. The standard InChI is InChI=1S/C26H35ClN4O5/c1-19(2)13-21-15-23(29(3)28-21)25(33)31-9-12-36-26(17-31,16-24(32)30-7-10-34-11-8-30)18-35-22-6-4-5-20(27)14-22/h4-6,14-15,19H,7-13,16-18H2,1-3H3/t26-/m0/s1. The van der Waals surface area contributed by atoms with E-state index in [0.717, 1.165) is 12.1 Å². The van der Waals surface area contributed by atoms with E-state index in [9.17, 15) is 9.59 Å². The number of nitrogens with zero attached hydrogens (tertiary/aromatic N) is 4. The minimum atomic E-state index is -0.995. The first-order valence-electron chi connectivity index (χ1n) is 12.4. The Morgan fingerprint density at radius 2 is 1.89 bits per heavy atom. The van der Waals surface area contributed by atoms with E-state index >= 15 is 0 Å². The second-order valence-electron chi connectivity index (χ2n) is 9.92. The van der Waals surface area contributed by atoms with Crippen molar-refractivity contribution in [2.45, 2.75) is 32.3 Å². The van der Waals surface area contributed by atoms with Gasteiger partial charge >= 0.3 is 0 Å². The molecule has 0 aliphatic carbocycles. The molecule has 0 bridgehead atoms. The normalized spacial score (nSPS) is 20.6. The van der Waals surface area contributed by atoms with Crippen LogP contribution in [0.1, 0.15) is 36.5 Å². The van der Waals surface area contributed by atoms with Gasteiger partial charge in [0.1, 0.15) is 23.7 Å². The van der Waals surface area contributed by atoms with Gasteiger partial charge in [-0.1, -0.05) is 31.5 Å². The molecule has 10 heteroatoms. The van der Waals surface area contributed by atoms with Crippen LogP contribution in [0, 0.1) is 5.92 Å². The summed E-state index contributed by atoms with van der Waals surface area (Å²) in [6.45, 7) is 7.43. The lowest BCUT2D eigenvalue weighted by Gasteiger charge is -2.43. The molecular weight excluding hydrogens is 484 g/mol. The first-order valence-corrected chi connectivity index (χ1v) is 12.8. The topological polar surface area (TPSA) is 86.1 Å². The number of aromatic nitrogens is 2. The average molecular weight is 519 g/mol. The van der Waals surface area contributed by atoms with Gasteiger partial charge in [-0.05, 0) is 36.6 Å². The fraction of sp³-hybridized carbons (Fsp3) is 0.577. The summed E-state index contributed by atoms with van der Waals surface area (Å²) < 4.78 is 19.3. The molecular formula is C26H35ClN4O5. The maximum atomic E-state index is 13.6. The molecule has 0 spiro atoms. The Balaban J connectivity index is 1.53. The molecule has 196 valence electrons. The van der Waals surface area contributed by atoms with E-state index in [1.807, 2.05) is 6.07 Å². The van der Waals surface area contributed by atoms with Crippen LogP contribution >= 0.6 is 11.6 Å². The average Bonchev–Trinajstić information content (AvgIpc) is 3.22. The summed E-state index contributed by atoms with van der Waals surface area (Å²) in [6.07, 6.45) is 0.900. The van der Waals surface area contributed by atoms with Crippen molar-refractivity contribution in [2.24, 2.45) is 13.0 Å². The van der Waals surface area contributed by atoms with Crippen LogP contribution in [-0.2, 0) is 27.7 Å². The molecule has 2 aliphatic rings. The SMILES string of the molecule is CC(C)Cc1cc(C(=O)N2CCO[C@@](COc3cccc(Cl)c3)(CC(=O)N3CCOCC3)C2)n(C)n1. The van der Waals surface area contributed by atoms with Crippen molar-refractivity contribution in [3.05, 3.63) is 46.7 Å². The van der Waals surface area contributed by atoms with E-state index in [4.69, 9.17) is 25.8 Å². The predicted octanol–water partition coefficient (Wildman–Crippen LogP) is 2.81. The lowest BCUT2D eigenvalue weighted by atomic mass is 9.96. The monoisotopic (exact) mass is 518 g/mol. The molecule has 1 aromatic carbocycles. The molecule has 2 fully saturated rings. The number of halogens is 1. The number of carbonyl (C=O) groups is 2. The lowest BCUT2D eigenvalue weighted by Crippen LogP contribution is -2.59. The van der Waals surface area contributed by atoms with Gasteiger partial charge in [0.05, 0.1) is 38.5 Å². The van der Waals surface area contributed by atoms with Crippen LogP contribution in [-0.4, -0.2) is 89.6 Å². The zero-order valence-electron chi connectivity index (χ0n) is 21.2. The van der Waals surface area contributed by atoms with Gasteiger partial charge in [-0.2, -0.15) is 5.10 Å². The zero-order chi connectivity index (χ0) is 25.7. The van der Waals surface area contributed by atoms with Crippen LogP contribution in [0.4, 0.5) is 0 Å². The number of hydrogen-bond acceptors (Lipinski definition) is 6. The van der Waals surface area contributed by atoms with Crippen LogP contribution < -0.4 is 4.74 Å². The number of amides is 2. The van der Waals surface area contributed by atoms with E-state index in [2.05, 4.69) is 18.9 Å². The molecule has 1 aromatic heterocycles. The van der Waals surface area contributed by atoms with E-state index in [1.165, 1.54) is 0 Å². The molecule has 0 N–H and O–H groups in total. The smallest absolute Gasteiger partial charge is 0.272 e. The van der Waals surface area contributed by atoms with Crippen LogP contribution in [0.2, 0.25) is 5.02 Å². The highest BCUT2D eigenvalue weighted by Gasteiger charge is 2.43. The van der Waals surface area contributed by atoms with Gasteiger partial charge in [-0.15, -0.1) is 0 Å². The first kappa shape index (κ1) is 26.4. The quantitative estimate of drug-likeness (QED) is 0.534. The highest BCUT2D eigenvalue weighted by Crippen LogP contribution is 2.27. The van der Waals surface area contributed by atoms with Crippen molar-refractivity contribution < 1.29 is 23.8 Å². The highest BCUT2D eigenvalue weighted by molar-refractivity contribution is 6.30. The Labute approximate surface area is 217 Å². The molecule has 36 heavy (non-hydrogen) atoms. The molecule has 1 atom stereocenters. The van der Waals surface area contributed by atoms with E-state index in [0.29, 0.717) is 61.8 Å². The summed E-state index contributed by atoms with van der Waals surface area (Å²) in [5.74, 6) is 0.850. The summed E-state index contributed by atoms with van der Waals surface area (Å²) in [6, 6.07) is 8.96. The molecule has 9 nitrogen and oxygen atoms in total. The van der Waals surface area contributed by atoms with Gasteiger partial charge in [-0.25, -0.2) is 0 Å². The largest absolute Gasteiger partial charge is 0.490 e. The van der Waals surface area contributed by atoms with Crippen LogP contribution in [0.3, 0.4) is 0 Å². The molecule has 2 aromatic rings. The highest BCUT2D eigenvalue weighted by atomic mass is 35.5. The molecule has 2 aliphatic heterocycles. The Hall–Kier alpha value is -2.62. The summed E-state index contributed by atoms with van der Waals surface area (Å²) in [5.41, 5.74) is 0.421. The fourth-order valence-corrected chi connectivity index (χ4v) is 4.82. The molecule has 0 unspecified atom stereocenters. The molecule has 2 amide bonds. The second kappa shape index (κ2) is 11.6. The molecule has 2 saturated heterocycles. The Bertz CT molecular complexity index is 1070. The van der Waals surface area contributed by atoms with Crippen molar-refractivity contribution in [3.63, 3.8) is 0 Å². The fourth-order valence-electron chi connectivity index (χ4n) is 4.64. The maximum absolute atomic E-state index is 13.6. The van der Waals surface area contributed by atoms with Crippen molar-refractivity contribution in [3.8, 4) is 5.75 Å². The van der Waals surface area contributed by atoms with Gasteiger partial charge in [-0.3, -0.25) is 14.3 Å². The summed E-state index contributed by atoms with van der Waals surface area (Å²) in [7, 11) is 1.79. The van der Waals surface area contributed by atoms with Crippen molar-refractivity contribution in [2.75, 3.05) is 52.6 Å². The lowest BCUT2D eigenvalue weighted by molar-refractivity contribution is -0.155. The van der Waals surface area contributed by atoms with Gasteiger partial charge in [0.25, 0.3) is 5.91 Å². The number of ether oxygens (including phenoxy) is 3. The number of carbonyl (C=O) groups excluding carboxylic acids is 2. The van der Waals surface area contributed by atoms with E-state index < -0.39 is 5.60 Å². The minimum Gasteiger partial charge on any atom is -0.490 e. The summed E-state index contributed by atoms with van der Waals surface area (Å²) in [4.78, 5) is 30.3. The summed E-state index contributed by atoms with van der Waals surface area (Å²) >= 11 is 6.12. The van der Waals surface area contributed by atoms with Crippen LogP contribution in [0.15, 0.2) is 30.3 Å². The Kier molecular flexibility index (Phi) is 8.54. The molecule has 0 radical (unpaired) electrons. The molecule has 3 heterocycles. The van der Waals surface area contributed by atoms with Crippen molar-refractivity contribution in [1.29, 1.82) is 0 Å². The predicted molar refractivity (Wildman–Crippen MR) is 135 cm³/mol. The number of hydrogen-bond donors (Lipinski definition) is 0. The Morgan fingerprint density at radius 3 is 2.61 bits per heavy atom. The first-order chi connectivity index (χ1) is 17.2. The van der Waals surface area contributed by atoms with Gasteiger partial charge in [0, 0.05) is 31.7 Å². The number of morpholine rings is 2. The van der Waals surface area contributed by atoms with E-state index in [1.54, 1.807) is 45.8 Å². The van der Waals surface area contributed by atoms with Crippen LogP contribution in [0.25, 0.3) is 0 Å². The second-order valence-corrected chi connectivity index (χ2v) is 10.4. The number of aryl methyl sites for hydroxylation is 1. The summed E-state index contributed by atoms with van der Waals surface area (Å²) in [5, 5.41) is 5.08. The van der Waals surface area contributed by atoms with E-state index in [-0.39, 0.29) is 31.4 Å². The minimum absolute atomic E-state index is 0.0398. The van der Waals surface area contributed by atoms with Gasteiger partial charge in [0.2, 0.25) is 5.91 Å². The third-order valence-electron chi connectivity index (χ3n) is 6.44. The van der Waals surface area contributed by atoms with Gasteiger partial charge in [0.15, 0.2) is 0 Å². The van der Waals surface area contributed by atoms with Crippen molar-refractivity contribution in [1.82, 2.24) is 19.6 Å². The zero-order valence-corrected chi connectivity index (χ0v) is 22.0. The Morgan fingerprint density at radius 1 is 1.14 bits per heavy atom. The van der Waals surface area contributed by atoms with Crippen molar-refractivity contribution >= 4 is 23.4 Å². The van der Waals surface area contributed by atoms with Gasteiger partial charge < -0.3 is 24.0 Å². The maximum Gasteiger partial charge on any atom is 0.272 e. The molecule has 4 rings (SSSR count). The third kappa shape index (κ3) is 6.57.